The summed E-state index contributed by atoms with van der Waals surface area (Å²) in [5, 5.41) is 23.1. The van der Waals surface area contributed by atoms with Crippen LogP contribution in [-0.4, -0.2) is 22.1 Å². The van der Waals surface area contributed by atoms with Crippen molar-refractivity contribution in [2.75, 3.05) is 0 Å². The zero-order valence-corrected chi connectivity index (χ0v) is 14.1. The molecule has 4 saturated carbocycles. The van der Waals surface area contributed by atoms with E-state index in [1.165, 1.54) is 38.5 Å². The van der Waals surface area contributed by atoms with Gasteiger partial charge in [-0.1, -0.05) is 19.0 Å². The summed E-state index contributed by atoms with van der Waals surface area (Å²) in [6.45, 7) is 4.88. The Bertz CT molecular complexity index is 490. The molecular weight excluding hydrogens is 274 g/mol. The maximum Gasteiger partial charge on any atom is 0.0632 e. The van der Waals surface area contributed by atoms with E-state index in [1.807, 2.05) is 0 Å². The smallest absolute Gasteiger partial charge is 0.0632 e. The number of rotatable bonds is 0. The number of aliphatic hydroxyl groups is 1. The SMILES string of the molecule is C[C@]12CC[C@H](O)C[C@@H]1CC[C@@H]1[C@H]2CC[C@]2(C)/C(=N/O)CC[C@@H]12. The molecule has 4 aliphatic carbocycles. The van der Waals surface area contributed by atoms with E-state index in [1.54, 1.807) is 0 Å². The van der Waals surface area contributed by atoms with E-state index in [4.69, 9.17) is 0 Å². The average Bonchev–Trinajstić information content (AvgIpc) is 2.84. The van der Waals surface area contributed by atoms with Gasteiger partial charge in [0.25, 0.3) is 0 Å². The van der Waals surface area contributed by atoms with Crippen molar-refractivity contribution in [1.82, 2.24) is 0 Å². The number of oxime groups is 1. The van der Waals surface area contributed by atoms with Gasteiger partial charge in [-0.15, -0.1) is 0 Å². The van der Waals surface area contributed by atoms with Crippen molar-refractivity contribution in [3.63, 3.8) is 0 Å². The molecule has 7 atom stereocenters. The van der Waals surface area contributed by atoms with Crippen LogP contribution in [0.3, 0.4) is 0 Å². The molecule has 0 radical (unpaired) electrons. The van der Waals surface area contributed by atoms with Crippen LogP contribution in [0.4, 0.5) is 0 Å². The van der Waals surface area contributed by atoms with Gasteiger partial charge in [0.05, 0.1) is 11.8 Å². The van der Waals surface area contributed by atoms with Crippen molar-refractivity contribution in [2.45, 2.75) is 77.7 Å². The third-order valence-corrected chi connectivity index (χ3v) is 8.50. The van der Waals surface area contributed by atoms with E-state index in [0.717, 1.165) is 48.6 Å². The van der Waals surface area contributed by atoms with Crippen LogP contribution in [-0.2, 0) is 0 Å². The van der Waals surface area contributed by atoms with Crippen LogP contribution in [0.25, 0.3) is 0 Å². The van der Waals surface area contributed by atoms with E-state index in [2.05, 4.69) is 19.0 Å². The lowest BCUT2D eigenvalue weighted by molar-refractivity contribution is -0.114. The molecule has 0 amide bonds. The predicted octanol–water partition coefficient (Wildman–Crippen LogP) is 4.22. The Hall–Kier alpha value is -0.570. The molecule has 0 aromatic carbocycles. The molecule has 4 rings (SSSR count). The largest absolute Gasteiger partial charge is 0.411 e. The highest BCUT2D eigenvalue weighted by molar-refractivity contribution is 5.91. The molecule has 22 heavy (non-hydrogen) atoms. The summed E-state index contributed by atoms with van der Waals surface area (Å²) in [6, 6.07) is 0. The Morgan fingerprint density at radius 1 is 1.00 bits per heavy atom. The molecule has 0 spiro atoms. The van der Waals surface area contributed by atoms with Crippen LogP contribution in [0.1, 0.15) is 71.6 Å². The van der Waals surface area contributed by atoms with Crippen molar-refractivity contribution in [3.05, 3.63) is 0 Å². The molecule has 3 heteroatoms. The zero-order valence-electron chi connectivity index (χ0n) is 14.1. The molecule has 3 nitrogen and oxygen atoms in total. The van der Waals surface area contributed by atoms with Crippen molar-refractivity contribution in [2.24, 2.45) is 39.7 Å². The summed E-state index contributed by atoms with van der Waals surface area (Å²) < 4.78 is 0. The van der Waals surface area contributed by atoms with E-state index in [-0.39, 0.29) is 11.5 Å². The van der Waals surface area contributed by atoms with Crippen molar-refractivity contribution in [1.29, 1.82) is 0 Å². The fourth-order valence-corrected chi connectivity index (χ4v) is 7.19. The number of aliphatic hydroxyl groups excluding tert-OH is 1. The Kier molecular flexibility index (Phi) is 3.38. The third-order valence-electron chi connectivity index (χ3n) is 8.50. The van der Waals surface area contributed by atoms with Crippen molar-refractivity contribution in [3.8, 4) is 0 Å². The second-order valence-electron chi connectivity index (χ2n) is 9.13. The number of fused-ring (bicyclic) bond motifs is 5. The monoisotopic (exact) mass is 305 g/mol. The first-order chi connectivity index (χ1) is 10.5. The van der Waals surface area contributed by atoms with Gasteiger partial charge in [0.15, 0.2) is 0 Å². The molecule has 2 N–H and O–H groups in total. The van der Waals surface area contributed by atoms with Gasteiger partial charge >= 0.3 is 0 Å². The summed E-state index contributed by atoms with van der Waals surface area (Å²) in [7, 11) is 0. The molecule has 124 valence electrons. The molecular formula is C19H31NO2. The van der Waals surface area contributed by atoms with Gasteiger partial charge in [0.1, 0.15) is 0 Å². The molecule has 0 saturated heterocycles. The molecule has 0 aliphatic heterocycles. The summed E-state index contributed by atoms with van der Waals surface area (Å²) in [4.78, 5) is 0. The van der Waals surface area contributed by atoms with Gasteiger partial charge in [0, 0.05) is 5.41 Å². The normalized spacial score (nSPS) is 56.3. The number of hydrogen-bond acceptors (Lipinski definition) is 3. The van der Waals surface area contributed by atoms with Gasteiger partial charge in [0.2, 0.25) is 0 Å². The van der Waals surface area contributed by atoms with Crippen LogP contribution < -0.4 is 0 Å². The van der Waals surface area contributed by atoms with Gasteiger partial charge in [-0.2, -0.15) is 0 Å². The quantitative estimate of drug-likeness (QED) is 0.520. The van der Waals surface area contributed by atoms with Crippen LogP contribution in [0.2, 0.25) is 0 Å². The highest BCUT2D eigenvalue weighted by atomic mass is 16.4. The standard InChI is InChI=1S/C19H31NO2/c1-18-9-7-13(21)11-12(18)3-4-14-15-5-6-17(20-22)19(15,2)10-8-16(14)18/h12-16,21-22H,3-11H2,1-2H3/b20-17+/t12-,13-,14-,15-,16+,18-,19-/m0/s1. The van der Waals surface area contributed by atoms with E-state index in [0.29, 0.717) is 5.41 Å². The summed E-state index contributed by atoms with van der Waals surface area (Å²) >= 11 is 0. The Labute approximate surface area is 134 Å². The van der Waals surface area contributed by atoms with Crippen molar-refractivity contribution < 1.29 is 10.3 Å². The van der Waals surface area contributed by atoms with Crippen molar-refractivity contribution >= 4 is 5.71 Å². The Morgan fingerprint density at radius 3 is 2.59 bits per heavy atom. The lowest BCUT2D eigenvalue weighted by Gasteiger charge is -2.60. The number of nitrogens with zero attached hydrogens (tertiary/aromatic N) is 1. The predicted molar refractivity (Wildman–Crippen MR) is 87.0 cm³/mol. The molecule has 0 bridgehead atoms. The summed E-state index contributed by atoms with van der Waals surface area (Å²) in [6.07, 6.45) is 10.5. The topological polar surface area (TPSA) is 52.8 Å². The van der Waals surface area contributed by atoms with Crippen LogP contribution >= 0.6 is 0 Å². The van der Waals surface area contributed by atoms with Gasteiger partial charge < -0.3 is 10.3 Å². The lowest BCUT2D eigenvalue weighted by atomic mass is 9.45. The summed E-state index contributed by atoms with van der Waals surface area (Å²) in [5.41, 5.74) is 1.68. The molecule has 4 aliphatic rings. The second kappa shape index (κ2) is 4.96. The molecule has 4 fully saturated rings. The molecule has 0 aromatic heterocycles. The second-order valence-corrected chi connectivity index (χ2v) is 9.13. The summed E-state index contributed by atoms with van der Waals surface area (Å²) in [5.74, 6) is 3.10. The van der Waals surface area contributed by atoms with E-state index in [9.17, 15) is 10.3 Å². The van der Waals surface area contributed by atoms with Crippen LogP contribution in [0.15, 0.2) is 5.16 Å². The molecule has 0 aromatic rings. The maximum absolute atomic E-state index is 10.1. The first kappa shape index (κ1) is 15.0. The average molecular weight is 305 g/mol. The third kappa shape index (κ3) is 1.87. The highest BCUT2D eigenvalue weighted by Gasteiger charge is 2.59. The van der Waals surface area contributed by atoms with Crippen LogP contribution in [0, 0.1) is 34.5 Å². The minimum atomic E-state index is -0.0527. The number of hydrogen-bond donors (Lipinski definition) is 2. The Balaban J connectivity index is 1.63. The molecule has 0 heterocycles. The van der Waals surface area contributed by atoms with Gasteiger partial charge in [-0.05, 0) is 86.9 Å². The zero-order chi connectivity index (χ0) is 15.5. The minimum Gasteiger partial charge on any atom is -0.411 e. The van der Waals surface area contributed by atoms with Gasteiger partial charge in [-0.25, -0.2) is 0 Å². The van der Waals surface area contributed by atoms with Gasteiger partial charge in [-0.3, -0.25) is 0 Å². The highest BCUT2D eigenvalue weighted by Crippen LogP contribution is 2.65. The first-order valence-corrected chi connectivity index (χ1v) is 9.38. The fourth-order valence-electron chi connectivity index (χ4n) is 7.19. The van der Waals surface area contributed by atoms with Crippen LogP contribution in [0.5, 0.6) is 0 Å². The Morgan fingerprint density at radius 2 is 1.82 bits per heavy atom. The van der Waals surface area contributed by atoms with E-state index >= 15 is 0 Å². The fraction of sp³-hybridized carbons (Fsp3) is 0.947. The first-order valence-electron chi connectivity index (χ1n) is 9.38. The lowest BCUT2D eigenvalue weighted by Crippen LogP contribution is -2.54. The minimum absolute atomic E-state index is 0.0527. The molecule has 0 unspecified atom stereocenters. The maximum atomic E-state index is 10.1. The van der Waals surface area contributed by atoms with E-state index < -0.39 is 0 Å².